The predicted molar refractivity (Wildman–Crippen MR) is 124 cm³/mol. The van der Waals surface area contributed by atoms with Crippen molar-refractivity contribution in [3.05, 3.63) is 47.5 Å². The van der Waals surface area contributed by atoms with E-state index in [4.69, 9.17) is 18.9 Å². The molecule has 7 heteroatoms. The van der Waals surface area contributed by atoms with E-state index in [1.807, 2.05) is 30.0 Å². The van der Waals surface area contributed by atoms with Crippen molar-refractivity contribution in [2.45, 2.75) is 44.6 Å². The Labute approximate surface area is 194 Å². The van der Waals surface area contributed by atoms with E-state index in [1.54, 1.807) is 32.4 Å². The Morgan fingerprint density at radius 3 is 2.55 bits per heavy atom. The van der Waals surface area contributed by atoms with Gasteiger partial charge in [0.25, 0.3) is 0 Å². The van der Waals surface area contributed by atoms with Crippen molar-refractivity contribution in [2.24, 2.45) is 0 Å². The molecule has 7 nitrogen and oxygen atoms in total. The number of carbonyl (C=O) groups excluding carboxylic acids is 2. The van der Waals surface area contributed by atoms with Gasteiger partial charge in [0.15, 0.2) is 17.3 Å². The molecule has 1 spiro atoms. The van der Waals surface area contributed by atoms with Crippen LogP contribution in [0.4, 0.5) is 0 Å². The van der Waals surface area contributed by atoms with Crippen LogP contribution >= 0.6 is 0 Å². The zero-order chi connectivity index (χ0) is 23.4. The third-order valence-corrected chi connectivity index (χ3v) is 6.48. The first-order chi connectivity index (χ1) is 16.0. The van der Waals surface area contributed by atoms with Gasteiger partial charge >= 0.3 is 0 Å². The van der Waals surface area contributed by atoms with Crippen molar-refractivity contribution in [1.82, 2.24) is 4.90 Å². The van der Waals surface area contributed by atoms with Gasteiger partial charge in [-0.3, -0.25) is 9.59 Å². The summed E-state index contributed by atoms with van der Waals surface area (Å²) in [7, 11) is 3.19. The highest BCUT2D eigenvalue weighted by Gasteiger charge is 2.43. The largest absolute Gasteiger partial charge is 0.497 e. The van der Waals surface area contributed by atoms with Crippen molar-refractivity contribution in [3.8, 4) is 23.0 Å². The maximum absolute atomic E-state index is 12.8. The lowest BCUT2D eigenvalue weighted by Gasteiger charge is -2.44. The molecule has 33 heavy (non-hydrogen) atoms. The van der Waals surface area contributed by atoms with E-state index >= 15 is 0 Å². The lowest BCUT2D eigenvalue weighted by Crippen LogP contribution is -2.52. The monoisotopic (exact) mass is 453 g/mol. The molecule has 2 heterocycles. The number of nitrogens with zero attached hydrogens (tertiary/aromatic N) is 1. The molecule has 0 bridgehead atoms. The first-order valence-electron chi connectivity index (χ1n) is 11.4. The zero-order valence-corrected chi connectivity index (χ0v) is 19.5. The van der Waals surface area contributed by atoms with Gasteiger partial charge in [0, 0.05) is 32.4 Å². The Balaban J connectivity index is 1.33. The van der Waals surface area contributed by atoms with Crippen molar-refractivity contribution in [2.75, 3.05) is 33.9 Å². The molecule has 1 fully saturated rings. The van der Waals surface area contributed by atoms with Gasteiger partial charge in [-0.1, -0.05) is 6.07 Å². The second-order valence-electron chi connectivity index (χ2n) is 8.55. The van der Waals surface area contributed by atoms with Crippen LogP contribution in [0.2, 0.25) is 0 Å². The van der Waals surface area contributed by atoms with Gasteiger partial charge in [0.2, 0.25) is 5.91 Å². The average Bonchev–Trinajstić information content (AvgIpc) is 2.83. The van der Waals surface area contributed by atoms with E-state index < -0.39 is 5.60 Å². The summed E-state index contributed by atoms with van der Waals surface area (Å²) in [4.78, 5) is 27.5. The SMILES string of the molecule is CCOc1ccc(CCC(=O)N2CCC3(CC2)CC(=O)c2cc(OC)ccc2O3)cc1OC. The summed E-state index contributed by atoms with van der Waals surface area (Å²) in [6, 6.07) is 11.1. The number of amides is 1. The number of hydrogen-bond acceptors (Lipinski definition) is 6. The highest BCUT2D eigenvalue weighted by Crippen LogP contribution is 2.40. The topological polar surface area (TPSA) is 74.3 Å². The number of ether oxygens (including phenoxy) is 4. The molecule has 2 aliphatic heterocycles. The Kier molecular flexibility index (Phi) is 6.77. The summed E-state index contributed by atoms with van der Waals surface area (Å²) in [5, 5.41) is 0. The number of rotatable bonds is 7. The van der Waals surface area contributed by atoms with Crippen molar-refractivity contribution in [3.63, 3.8) is 0 Å². The molecule has 0 aromatic heterocycles. The molecular weight excluding hydrogens is 422 g/mol. The third kappa shape index (κ3) is 4.92. The highest BCUT2D eigenvalue weighted by atomic mass is 16.5. The number of aryl methyl sites for hydroxylation is 1. The number of fused-ring (bicyclic) bond motifs is 1. The molecule has 2 aromatic rings. The summed E-state index contributed by atoms with van der Waals surface area (Å²) in [5.74, 6) is 2.82. The number of piperidine rings is 1. The summed E-state index contributed by atoms with van der Waals surface area (Å²) in [5.41, 5.74) is 1.08. The van der Waals surface area contributed by atoms with Gasteiger partial charge in [-0.25, -0.2) is 0 Å². The second kappa shape index (κ2) is 9.73. The van der Waals surface area contributed by atoms with Crippen LogP contribution in [-0.4, -0.2) is 56.1 Å². The van der Waals surface area contributed by atoms with Gasteiger partial charge in [-0.05, 0) is 49.2 Å². The van der Waals surface area contributed by atoms with Crippen molar-refractivity contribution in [1.29, 1.82) is 0 Å². The summed E-state index contributed by atoms with van der Waals surface area (Å²) < 4.78 is 22.5. The Morgan fingerprint density at radius 2 is 1.85 bits per heavy atom. The number of likely N-dealkylation sites (tertiary alicyclic amines) is 1. The predicted octanol–water partition coefficient (Wildman–Crippen LogP) is 4.06. The van der Waals surface area contributed by atoms with Crippen LogP contribution in [0, 0.1) is 0 Å². The maximum atomic E-state index is 12.8. The molecule has 1 amide bonds. The normalized spacial score (nSPS) is 16.7. The summed E-state index contributed by atoms with van der Waals surface area (Å²) in [6.07, 6.45) is 2.68. The maximum Gasteiger partial charge on any atom is 0.222 e. The fraction of sp³-hybridized carbons (Fsp3) is 0.462. The summed E-state index contributed by atoms with van der Waals surface area (Å²) in [6.45, 7) is 3.67. The molecule has 0 atom stereocenters. The third-order valence-electron chi connectivity index (χ3n) is 6.48. The van der Waals surface area contributed by atoms with E-state index in [-0.39, 0.29) is 11.7 Å². The molecular formula is C26H31NO6. The quantitative estimate of drug-likeness (QED) is 0.629. The molecule has 2 aromatic carbocycles. The summed E-state index contributed by atoms with van der Waals surface area (Å²) >= 11 is 0. The average molecular weight is 454 g/mol. The first kappa shape index (κ1) is 23.0. The van der Waals surface area contributed by atoms with E-state index in [9.17, 15) is 9.59 Å². The van der Waals surface area contributed by atoms with Gasteiger partial charge < -0.3 is 23.8 Å². The molecule has 0 unspecified atom stereocenters. The van der Waals surface area contributed by atoms with Crippen LogP contribution in [0.3, 0.4) is 0 Å². The molecule has 0 saturated carbocycles. The van der Waals surface area contributed by atoms with Crippen LogP contribution < -0.4 is 18.9 Å². The van der Waals surface area contributed by atoms with Gasteiger partial charge in [0.1, 0.15) is 17.1 Å². The Morgan fingerprint density at radius 1 is 1.06 bits per heavy atom. The fourth-order valence-electron chi connectivity index (χ4n) is 4.59. The molecule has 4 rings (SSSR count). The van der Waals surface area contributed by atoms with E-state index in [0.717, 1.165) is 5.56 Å². The number of ketones is 1. The van der Waals surface area contributed by atoms with Crippen molar-refractivity contribution < 1.29 is 28.5 Å². The molecule has 1 saturated heterocycles. The van der Waals surface area contributed by atoms with Crippen LogP contribution in [0.15, 0.2) is 36.4 Å². The van der Waals surface area contributed by atoms with E-state index in [0.29, 0.717) is 80.4 Å². The minimum atomic E-state index is -0.530. The second-order valence-corrected chi connectivity index (χ2v) is 8.55. The van der Waals surface area contributed by atoms with Crippen LogP contribution in [0.25, 0.3) is 0 Å². The Hall–Kier alpha value is -3.22. The zero-order valence-electron chi connectivity index (χ0n) is 19.5. The standard InChI is InChI=1S/C26H31NO6/c1-4-32-23-8-5-18(15-24(23)31-3)6-10-25(29)27-13-11-26(12-14-27)17-21(28)20-16-19(30-2)7-9-22(20)33-26/h5,7-9,15-16H,4,6,10-14,17H2,1-3H3. The number of Topliss-reactive ketones (excluding diaryl/α,β-unsaturated/α-hetero) is 1. The van der Waals surface area contributed by atoms with E-state index in [2.05, 4.69) is 0 Å². The lowest BCUT2D eigenvalue weighted by molar-refractivity contribution is -0.134. The lowest BCUT2D eigenvalue weighted by atomic mass is 9.82. The molecule has 2 aliphatic rings. The fourth-order valence-corrected chi connectivity index (χ4v) is 4.59. The Bertz CT molecular complexity index is 1030. The number of benzene rings is 2. The minimum Gasteiger partial charge on any atom is -0.497 e. The molecule has 0 aliphatic carbocycles. The first-order valence-corrected chi connectivity index (χ1v) is 11.4. The molecule has 0 N–H and O–H groups in total. The van der Waals surface area contributed by atoms with Gasteiger partial charge in [-0.15, -0.1) is 0 Å². The van der Waals surface area contributed by atoms with Gasteiger partial charge in [-0.2, -0.15) is 0 Å². The highest BCUT2D eigenvalue weighted by molar-refractivity contribution is 6.00. The smallest absolute Gasteiger partial charge is 0.222 e. The van der Waals surface area contributed by atoms with Gasteiger partial charge in [0.05, 0.1) is 32.8 Å². The van der Waals surface area contributed by atoms with Crippen molar-refractivity contribution >= 4 is 11.7 Å². The number of methoxy groups -OCH3 is 2. The number of carbonyl (C=O) groups is 2. The molecule has 0 radical (unpaired) electrons. The van der Waals surface area contributed by atoms with Crippen LogP contribution in [0.1, 0.15) is 48.5 Å². The molecule has 176 valence electrons. The minimum absolute atomic E-state index is 0.0689. The number of hydrogen-bond donors (Lipinski definition) is 0. The van der Waals surface area contributed by atoms with Crippen LogP contribution in [0.5, 0.6) is 23.0 Å². The van der Waals surface area contributed by atoms with E-state index in [1.165, 1.54) is 0 Å². The van der Waals surface area contributed by atoms with Crippen LogP contribution in [-0.2, 0) is 11.2 Å².